The third kappa shape index (κ3) is 7.83. The van der Waals surface area contributed by atoms with Crippen molar-refractivity contribution in [1.82, 2.24) is 23.8 Å². The summed E-state index contributed by atoms with van der Waals surface area (Å²) < 4.78 is 24.2. The van der Waals surface area contributed by atoms with Crippen LogP contribution in [0.25, 0.3) is 11.0 Å². The van der Waals surface area contributed by atoms with Gasteiger partial charge in [-0.2, -0.15) is 14.3 Å². The maximum Gasteiger partial charge on any atom is 0.410 e. The number of amides is 1. The lowest BCUT2D eigenvalue weighted by atomic mass is 10.2. The van der Waals surface area contributed by atoms with Crippen LogP contribution in [-0.2, 0) is 16.2 Å². The number of anilines is 2. The molecule has 1 aliphatic heterocycles. The van der Waals surface area contributed by atoms with Gasteiger partial charge in [0.1, 0.15) is 23.4 Å². The molecule has 4 heterocycles. The van der Waals surface area contributed by atoms with Gasteiger partial charge in [-0.1, -0.05) is 31.2 Å². The number of nitrogens with zero attached hydrogens (tertiary/aromatic N) is 5. The van der Waals surface area contributed by atoms with Gasteiger partial charge in [0.15, 0.2) is 5.65 Å². The van der Waals surface area contributed by atoms with Gasteiger partial charge in [0.2, 0.25) is 11.8 Å². The van der Waals surface area contributed by atoms with E-state index >= 15 is 0 Å². The van der Waals surface area contributed by atoms with Crippen LogP contribution in [0, 0.1) is 6.92 Å². The topological polar surface area (TPSA) is 104 Å². The molecule has 2 atom stereocenters. The number of likely N-dealkylation sites (tertiary alicyclic amines) is 1. The summed E-state index contributed by atoms with van der Waals surface area (Å²) in [6, 6.07) is 2.95. The summed E-state index contributed by atoms with van der Waals surface area (Å²) in [6.45, 7) is 17.8. The Morgan fingerprint density at radius 1 is 1.28 bits per heavy atom. The molecule has 0 aromatic carbocycles. The van der Waals surface area contributed by atoms with E-state index in [9.17, 15) is 4.79 Å². The summed E-state index contributed by atoms with van der Waals surface area (Å²) in [5.74, 6) is 0.729. The number of nitrogens with one attached hydrogen (secondary N) is 1. The Balaban J connectivity index is 1.60. The van der Waals surface area contributed by atoms with Crippen LogP contribution in [0.15, 0.2) is 12.3 Å². The molecule has 0 aliphatic carbocycles. The van der Waals surface area contributed by atoms with Gasteiger partial charge in [-0.15, -0.1) is 0 Å². The third-order valence-electron chi connectivity index (χ3n) is 6.17. The van der Waals surface area contributed by atoms with Gasteiger partial charge in [0.25, 0.3) is 0 Å². The van der Waals surface area contributed by atoms with Gasteiger partial charge in [0, 0.05) is 33.3 Å². The second kappa shape index (κ2) is 11.6. The lowest BCUT2D eigenvalue weighted by Crippen LogP contribution is -2.39. The molecule has 0 bridgehead atoms. The molecule has 3 aromatic rings. The van der Waals surface area contributed by atoms with Crippen LogP contribution in [0.5, 0.6) is 5.88 Å². The van der Waals surface area contributed by atoms with Crippen molar-refractivity contribution in [1.29, 1.82) is 0 Å². The molecule has 3 aromatic heterocycles. The number of carbonyl (C=O) groups excluding carboxylic acids is 1. The quantitative estimate of drug-likeness (QED) is 0.216. The standard InChI is InChI=1S/C26H39ClN6O4SSi/c1-16-11-20(38-31-16)28-24-29-22-21(19(27)14-32(22)15-35-9-10-39(6,7)8)23(30-24)36-18-12-17(2)33(13-18)25(34)37-26(3,4)5/h11,14,17-18H,9-10,12-13,15H2,1-8H3,(H,28,29,30)/t17-,18+/m0/s1. The van der Waals surface area contributed by atoms with Crippen molar-refractivity contribution < 1.29 is 19.0 Å². The van der Waals surface area contributed by atoms with Gasteiger partial charge in [-0.3, -0.25) is 0 Å². The predicted molar refractivity (Wildman–Crippen MR) is 158 cm³/mol. The molecule has 4 rings (SSSR count). The summed E-state index contributed by atoms with van der Waals surface area (Å²) in [5, 5.41) is 5.15. The number of ether oxygens (including phenoxy) is 3. The highest BCUT2D eigenvalue weighted by Gasteiger charge is 2.37. The van der Waals surface area contributed by atoms with E-state index in [4.69, 9.17) is 35.8 Å². The molecule has 0 spiro atoms. The fraction of sp³-hybridized carbons (Fsp3) is 0.615. The molecular formula is C26H39ClN6O4SSi. The second-order valence-electron chi connectivity index (χ2n) is 12.3. The van der Waals surface area contributed by atoms with E-state index in [0.717, 1.165) is 16.7 Å². The number of rotatable bonds is 9. The van der Waals surface area contributed by atoms with Gasteiger partial charge in [0.05, 0.1) is 22.6 Å². The van der Waals surface area contributed by atoms with Crippen LogP contribution in [0.4, 0.5) is 15.7 Å². The minimum Gasteiger partial charge on any atom is -0.472 e. The largest absolute Gasteiger partial charge is 0.472 e. The van der Waals surface area contributed by atoms with Crippen molar-refractivity contribution in [2.45, 2.75) is 91.2 Å². The monoisotopic (exact) mass is 594 g/mol. The highest BCUT2D eigenvalue weighted by atomic mass is 35.5. The number of hydrogen-bond acceptors (Lipinski definition) is 9. The first-order chi connectivity index (χ1) is 18.2. The number of aromatic nitrogens is 4. The summed E-state index contributed by atoms with van der Waals surface area (Å²) in [5.41, 5.74) is 0.943. The van der Waals surface area contributed by atoms with E-state index in [-0.39, 0.29) is 18.2 Å². The van der Waals surface area contributed by atoms with Crippen LogP contribution in [0.1, 0.15) is 39.8 Å². The molecule has 0 unspecified atom stereocenters. The smallest absolute Gasteiger partial charge is 0.410 e. The van der Waals surface area contributed by atoms with Crippen molar-refractivity contribution in [3.8, 4) is 5.88 Å². The summed E-state index contributed by atoms with van der Waals surface area (Å²) in [6.07, 6.45) is 1.81. The van der Waals surface area contributed by atoms with Gasteiger partial charge in [-0.05, 0) is 58.3 Å². The molecule has 0 radical (unpaired) electrons. The van der Waals surface area contributed by atoms with Crippen molar-refractivity contribution in [3.63, 3.8) is 0 Å². The summed E-state index contributed by atoms with van der Waals surface area (Å²) in [4.78, 5) is 23.9. The zero-order valence-corrected chi connectivity index (χ0v) is 26.6. The molecule has 39 heavy (non-hydrogen) atoms. The minimum absolute atomic E-state index is 0.0419. The first-order valence-electron chi connectivity index (χ1n) is 13.2. The lowest BCUT2D eigenvalue weighted by molar-refractivity contribution is 0.0223. The molecule has 1 N–H and O–H groups in total. The Labute approximate surface area is 240 Å². The molecule has 1 saturated heterocycles. The number of halogens is 1. The second-order valence-corrected chi connectivity index (χ2v) is 19.1. The number of carbonyl (C=O) groups is 1. The molecule has 0 saturated carbocycles. The number of fused-ring (bicyclic) bond motifs is 1. The van der Waals surface area contributed by atoms with Crippen molar-refractivity contribution in [3.05, 3.63) is 23.0 Å². The van der Waals surface area contributed by atoms with Crippen LogP contribution in [0.2, 0.25) is 30.7 Å². The average molecular weight is 595 g/mol. The van der Waals surface area contributed by atoms with Gasteiger partial charge >= 0.3 is 6.09 Å². The molecule has 1 fully saturated rings. The molecule has 10 nitrogen and oxygen atoms in total. The Morgan fingerprint density at radius 2 is 2.03 bits per heavy atom. The third-order valence-corrected chi connectivity index (χ3v) is 8.96. The fourth-order valence-corrected chi connectivity index (χ4v) is 5.92. The van der Waals surface area contributed by atoms with Gasteiger partial charge < -0.3 is 29.0 Å². The van der Waals surface area contributed by atoms with Crippen molar-refractivity contribution >= 4 is 59.3 Å². The normalized spacial score (nSPS) is 18.1. The Hall–Kier alpha value is -2.41. The first kappa shape index (κ1) is 29.6. The highest BCUT2D eigenvalue weighted by molar-refractivity contribution is 7.10. The van der Waals surface area contributed by atoms with Crippen LogP contribution < -0.4 is 10.1 Å². The Bertz CT molecular complexity index is 1320. The zero-order valence-electron chi connectivity index (χ0n) is 24.0. The number of hydrogen-bond donors (Lipinski definition) is 1. The highest BCUT2D eigenvalue weighted by Crippen LogP contribution is 2.36. The fourth-order valence-electron chi connectivity index (χ4n) is 4.22. The van der Waals surface area contributed by atoms with Crippen LogP contribution >= 0.6 is 23.1 Å². The molecule has 1 aliphatic rings. The first-order valence-corrected chi connectivity index (χ1v) is 18.0. The van der Waals surface area contributed by atoms with Gasteiger partial charge in [-0.25, -0.2) is 4.79 Å². The van der Waals surface area contributed by atoms with E-state index in [0.29, 0.717) is 54.2 Å². The lowest BCUT2D eigenvalue weighted by Gasteiger charge is -2.26. The number of aryl methyl sites for hydroxylation is 1. The Morgan fingerprint density at radius 3 is 2.67 bits per heavy atom. The molecule has 214 valence electrons. The van der Waals surface area contributed by atoms with E-state index in [2.05, 4.69) is 29.3 Å². The van der Waals surface area contributed by atoms with Crippen molar-refractivity contribution in [2.75, 3.05) is 18.5 Å². The maximum atomic E-state index is 12.8. The van der Waals surface area contributed by atoms with E-state index in [1.807, 2.05) is 45.3 Å². The van der Waals surface area contributed by atoms with Crippen LogP contribution in [0.3, 0.4) is 0 Å². The van der Waals surface area contributed by atoms with E-state index in [1.165, 1.54) is 11.5 Å². The maximum absolute atomic E-state index is 12.8. The molecule has 1 amide bonds. The predicted octanol–water partition coefficient (Wildman–Crippen LogP) is 6.68. The average Bonchev–Trinajstić information content (AvgIpc) is 3.46. The molecular weight excluding hydrogens is 556 g/mol. The summed E-state index contributed by atoms with van der Waals surface area (Å²) in [7, 11) is -1.21. The summed E-state index contributed by atoms with van der Waals surface area (Å²) >= 11 is 8.04. The van der Waals surface area contributed by atoms with E-state index < -0.39 is 13.7 Å². The minimum atomic E-state index is -1.21. The SMILES string of the molecule is Cc1cc(Nc2nc(O[C@@H]3C[C@H](C)N(C(=O)OC(C)(C)C)C3)c3c(Cl)cn(COCC[Si](C)(C)C)c3n2)sn1. The van der Waals surface area contributed by atoms with E-state index in [1.54, 1.807) is 11.1 Å². The van der Waals surface area contributed by atoms with Crippen molar-refractivity contribution in [2.24, 2.45) is 0 Å². The van der Waals surface area contributed by atoms with Crippen LogP contribution in [-0.4, -0.2) is 68.9 Å². The zero-order chi connectivity index (χ0) is 28.5. The molecule has 13 heteroatoms. The Kier molecular flexibility index (Phi) is 8.79.